The molecule has 4 rings (SSSR count). The third-order valence-electron chi connectivity index (χ3n) is 8.06. The van der Waals surface area contributed by atoms with Crippen LogP contribution >= 0.6 is 0 Å². The van der Waals surface area contributed by atoms with Gasteiger partial charge in [0.25, 0.3) is 0 Å². The lowest BCUT2D eigenvalue weighted by atomic mass is 9.41. The molecule has 4 aliphatic rings. The van der Waals surface area contributed by atoms with Crippen LogP contribution in [0.5, 0.6) is 0 Å². The maximum absolute atomic E-state index is 13.7. The molecule has 0 aromatic carbocycles. The summed E-state index contributed by atoms with van der Waals surface area (Å²) in [5, 5.41) is 0. The Morgan fingerprint density at radius 3 is 2.21 bits per heavy atom. The molecular formula is C22H28O7. The number of methoxy groups -OCH3 is 3. The minimum Gasteiger partial charge on any atom is -0.497 e. The fourth-order valence-corrected chi connectivity index (χ4v) is 6.62. The number of esters is 1. The highest BCUT2D eigenvalue weighted by molar-refractivity contribution is 6.07. The van der Waals surface area contributed by atoms with Crippen LogP contribution in [0.15, 0.2) is 22.9 Å². The van der Waals surface area contributed by atoms with Crippen molar-refractivity contribution in [3.63, 3.8) is 0 Å². The smallest absolute Gasteiger partial charge is 0.306 e. The number of ketones is 2. The quantitative estimate of drug-likeness (QED) is 0.668. The van der Waals surface area contributed by atoms with Gasteiger partial charge in [-0.2, -0.15) is 0 Å². The molecule has 0 N–H and O–H groups in total. The lowest BCUT2D eigenvalue weighted by molar-refractivity contribution is -0.215. The largest absolute Gasteiger partial charge is 0.497 e. The number of ether oxygens (including phenoxy) is 4. The molecule has 0 amide bonds. The van der Waals surface area contributed by atoms with Crippen molar-refractivity contribution in [2.75, 3.05) is 21.3 Å². The Labute approximate surface area is 170 Å². The average Bonchev–Trinajstić information content (AvgIpc) is 2.67. The average molecular weight is 404 g/mol. The number of rotatable bonds is 3. The highest BCUT2D eigenvalue weighted by Crippen LogP contribution is 2.66. The monoisotopic (exact) mass is 404 g/mol. The van der Waals surface area contributed by atoms with E-state index in [-0.39, 0.29) is 47.3 Å². The summed E-state index contributed by atoms with van der Waals surface area (Å²) in [5.41, 5.74) is -0.910. The highest BCUT2D eigenvalue weighted by atomic mass is 16.5. The zero-order valence-corrected chi connectivity index (χ0v) is 17.8. The summed E-state index contributed by atoms with van der Waals surface area (Å²) in [6.45, 7) is 5.69. The third-order valence-corrected chi connectivity index (χ3v) is 8.06. The predicted molar refractivity (Wildman–Crippen MR) is 101 cm³/mol. The van der Waals surface area contributed by atoms with E-state index >= 15 is 0 Å². The Morgan fingerprint density at radius 2 is 1.62 bits per heavy atom. The normalized spacial score (nSPS) is 41.5. The number of carbonyl (C=O) groups excluding carboxylic acids is 3. The molecule has 0 spiro atoms. The first-order valence-corrected chi connectivity index (χ1v) is 10.0. The van der Waals surface area contributed by atoms with E-state index in [0.29, 0.717) is 18.6 Å². The van der Waals surface area contributed by atoms with Crippen molar-refractivity contribution in [3.8, 4) is 0 Å². The van der Waals surface area contributed by atoms with Crippen molar-refractivity contribution in [2.24, 2.45) is 28.6 Å². The standard InChI is InChI=1S/C22H28O7/c1-10-12-9-15(23)29-14-8-11-7-13(26-4)18(28-6)20(25)21(11,2)19(22(12,14)3)16(24)17(10)27-5/h11-12,14,19H,7-9H2,1-6H3/t11-,12+,14-,19-,21+,22-/m1/s1. The molecule has 0 bridgehead atoms. The zero-order chi connectivity index (χ0) is 21.3. The fraction of sp³-hybridized carbons (Fsp3) is 0.682. The van der Waals surface area contributed by atoms with Crippen LogP contribution in [-0.4, -0.2) is 45.0 Å². The van der Waals surface area contributed by atoms with Gasteiger partial charge in [-0.15, -0.1) is 0 Å². The molecule has 1 aliphatic heterocycles. The van der Waals surface area contributed by atoms with Gasteiger partial charge in [0, 0.05) is 29.1 Å². The number of hydrogen-bond donors (Lipinski definition) is 0. The van der Waals surface area contributed by atoms with Gasteiger partial charge in [-0.25, -0.2) is 0 Å². The fourth-order valence-electron chi connectivity index (χ4n) is 6.62. The number of Topliss-reactive ketones (excluding diaryl/α,β-unsaturated/α-hetero) is 2. The lowest BCUT2D eigenvalue weighted by Gasteiger charge is -2.63. The van der Waals surface area contributed by atoms with Crippen LogP contribution in [0.3, 0.4) is 0 Å². The second-order valence-electron chi connectivity index (χ2n) is 9.02. The van der Waals surface area contributed by atoms with Crippen molar-refractivity contribution >= 4 is 17.5 Å². The molecule has 6 atom stereocenters. The minimum atomic E-state index is -0.998. The van der Waals surface area contributed by atoms with Gasteiger partial charge in [0.05, 0.1) is 27.8 Å². The first-order chi connectivity index (χ1) is 13.7. The molecule has 3 aliphatic carbocycles. The molecule has 0 aromatic rings. The van der Waals surface area contributed by atoms with Gasteiger partial charge < -0.3 is 18.9 Å². The van der Waals surface area contributed by atoms with Gasteiger partial charge in [0.1, 0.15) is 11.9 Å². The van der Waals surface area contributed by atoms with Crippen LogP contribution in [0, 0.1) is 28.6 Å². The first kappa shape index (κ1) is 20.0. The van der Waals surface area contributed by atoms with Crippen LogP contribution in [0.25, 0.3) is 0 Å². The summed E-state index contributed by atoms with van der Waals surface area (Å²) in [5.74, 6) is -0.867. The zero-order valence-electron chi connectivity index (χ0n) is 17.8. The molecule has 158 valence electrons. The van der Waals surface area contributed by atoms with E-state index in [4.69, 9.17) is 18.9 Å². The Kier molecular flexibility index (Phi) is 4.37. The number of hydrogen-bond acceptors (Lipinski definition) is 7. The third kappa shape index (κ3) is 2.27. The molecule has 29 heavy (non-hydrogen) atoms. The highest BCUT2D eigenvalue weighted by Gasteiger charge is 2.71. The SMILES string of the molecule is COC1=C(OC)C(=O)[C@@]2(C)[C@H](C1)C[C@H]1OC(=O)C[C@H]3C(C)=C(OC)C(=O)[C@H]2[C@@]13C. The minimum absolute atomic E-state index is 0.177. The summed E-state index contributed by atoms with van der Waals surface area (Å²) in [6.07, 6.45) is 0.695. The molecule has 1 saturated carbocycles. The van der Waals surface area contributed by atoms with Crippen LogP contribution in [0.1, 0.15) is 40.0 Å². The topological polar surface area (TPSA) is 88.1 Å². The maximum Gasteiger partial charge on any atom is 0.306 e. The summed E-state index contributed by atoms with van der Waals surface area (Å²) in [4.78, 5) is 39.8. The number of allylic oxidation sites excluding steroid dienone is 4. The van der Waals surface area contributed by atoms with E-state index in [9.17, 15) is 14.4 Å². The van der Waals surface area contributed by atoms with Gasteiger partial charge in [-0.3, -0.25) is 14.4 Å². The summed E-state index contributed by atoms with van der Waals surface area (Å²) < 4.78 is 22.1. The Bertz CT molecular complexity index is 868. The van der Waals surface area contributed by atoms with Crippen LogP contribution in [0.4, 0.5) is 0 Å². The van der Waals surface area contributed by atoms with Crippen molar-refractivity contribution in [3.05, 3.63) is 22.9 Å². The van der Waals surface area contributed by atoms with Gasteiger partial charge in [0.15, 0.2) is 11.5 Å². The first-order valence-electron chi connectivity index (χ1n) is 10.0. The second-order valence-corrected chi connectivity index (χ2v) is 9.02. The molecule has 7 heteroatoms. The Morgan fingerprint density at radius 1 is 0.966 bits per heavy atom. The lowest BCUT2D eigenvalue weighted by Crippen LogP contribution is -2.68. The van der Waals surface area contributed by atoms with E-state index in [1.54, 1.807) is 0 Å². The van der Waals surface area contributed by atoms with Crippen molar-refractivity contribution in [1.29, 1.82) is 0 Å². The molecule has 2 fully saturated rings. The number of carbonyl (C=O) groups is 3. The van der Waals surface area contributed by atoms with Crippen molar-refractivity contribution in [1.82, 2.24) is 0 Å². The molecular weight excluding hydrogens is 376 g/mol. The molecule has 7 nitrogen and oxygen atoms in total. The van der Waals surface area contributed by atoms with Crippen molar-refractivity contribution < 1.29 is 33.3 Å². The molecule has 1 saturated heterocycles. The summed E-state index contributed by atoms with van der Waals surface area (Å²) >= 11 is 0. The molecule has 0 unspecified atom stereocenters. The van der Waals surface area contributed by atoms with Gasteiger partial charge in [0.2, 0.25) is 11.6 Å². The summed E-state index contributed by atoms with van der Waals surface area (Å²) in [7, 11) is 4.42. The Hall–Kier alpha value is -2.31. The second kappa shape index (κ2) is 6.34. The van der Waals surface area contributed by atoms with Crippen molar-refractivity contribution in [2.45, 2.75) is 46.1 Å². The van der Waals surface area contributed by atoms with Crippen LogP contribution in [-0.2, 0) is 33.3 Å². The molecule has 0 radical (unpaired) electrons. The van der Waals surface area contributed by atoms with E-state index in [1.165, 1.54) is 21.3 Å². The maximum atomic E-state index is 13.7. The molecule has 1 heterocycles. The van der Waals surface area contributed by atoms with E-state index in [1.807, 2.05) is 20.8 Å². The predicted octanol–water partition coefficient (Wildman–Crippen LogP) is 2.55. The summed E-state index contributed by atoms with van der Waals surface area (Å²) in [6, 6.07) is 0. The van der Waals surface area contributed by atoms with E-state index in [0.717, 1.165) is 5.57 Å². The van der Waals surface area contributed by atoms with Crippen LogP contribution in [0.2, 0.25) is 0 Å². The van der Waals surface area contributed by atoms with E-state index < -0.39 is 22.9 Å². The van der Waals surface area contributed by atoms with Gasteiger partial charge in [-0.1, -0.05) is 13.8 Å². The Balaban J connectivity index is 1.97. The van der Waals surface area contributed by atoms with Crippen LogP contribution < -0.4 is 0 Å². The van der Waals surface area contributed by atoms with Gasteiger partial charge in [-0.05, 0) is 24.8 Å². The van der Waals surface area contributed by atoms with Gasteiger partial charge >= 0.3 is 5.97 Å². The molecule has 0 aromatic heterocycles. The van der Waals surface area contributed by atoms with E-state index in [2.05, 4.69) is 0 Å². The number of fused-ring (bicyclic) bond motifs is 2.